The van der Waals surface area contributed by atoms with Crippen LogP contribution in [0.5, 0.6) is 0 Å². The predicted molar refractivity (Wildman–Crippen MR) is 73.3 cm³/mol. The van der Waals surface area contributed by atoms with E-state index in [0.29, 0.717) is 19.0 Å². The van der Waals surface area contributed by atoms with Gasteiger partial charge in [-0.1, -0.05) is 19.3 Å². The highest BCUT2D eigenvalue weighted by Gasteiger charge is 2.26. The molecule has 1 aliphatic heterocycles. The molecule has 2 rings (SSSR count). The first-order chi connectivity index (χ1) is 8.79. The molecule has 1 amide bonds. The monoisotopic (exact) mass is 253 g/mol. The Kier molecular flexibility index (Phi) is 5.45. The van der Waals surface area contributed by atoms with E-state index in [4.69, 9.17) is 5.73 Å². The van der Waals surface area contributed by atoms with Crippen LogP contribution in [-0.4, -0.2) is 42.5 Å². The molecule has 0 bridgehead atoms. The molecule has 4 nitrogen and oxygen atoms in total. The number of hydrogen-bond donors (Lipinski definition) is 2. The fourth-order valence-electron chi connectivity index (χ4n) is 2.73. The van der Waals surface area contributed by atoms with Crippen LogP contribution in [-0.2, 0) is 4.79 Å². The van der Waals surface area contributed by atoms with Gasteiger partial charge in [0.05, 0.1) is 0 Å². The van der Waals surface area contributed by atoms with Gasteiger partial charge in [-0.15, -0.1) is 0 Å². The smallest absolute Gasteiger partial charge is 0.221 e. The van der Waals surface area contributed by atoms with Crippen molar-refractivity contribution in [2.75, 3.05) is 19.6 Å². The number of carbonyl (C=O) groups is 1. The zero-order valence-corrected chi connectivity index (χ0v) is 11.4. The zero-order chi connectivity index (χ0) is 12.8. The molecule has 0 radical (unpaired) electrons. The van der Waals surface area contributed by atoms with Crippen LogP contribution in [0.1, 0.15) is 51.4 Å². The van der Waals surface area contributed by atoms with Gasteiger partial charge in [-0.25, -0.2) is 0 Å². The van der Waals surface area contributed by atoms with Gasteiger partial charge in [0.25, 0.3) is 0 Å². The fraction of sp³-hybridized carbons (Fsp3) is 0.929. The van der Waals surface area contributed by atoms with E-state index in [-0.39, 0.29) is 11.9 Å². The first-order valence-electron chi connectivity index (χ1n) is 7.53. The third-order valence-corrected chi connectivity index (χ3v) is 4.04. The standard InChI is InChI=1S/C14H27N3O/c15-11-13(10-14(18)16-12-6-7-12)17-8-4-2-1-3-5-9-17/h12-13H,1-11,15H2,(H,16,18). The summed E-state index contributed by atoms with van der Waals surface area (Å²) in [7, 11) is 0. The number of amides is 1. The maximum Gasteiger partial charge on any atom is 0.221 e. The number of hydrogen-bond acceptors (Lipinski definition) is 3. The fourth-order valence-corrected chi connectivity index (χ4v) is 2.73. The molecular weight excluding hydrogens is 226 g/mol. The van der Waals surface area contributed by atoms with E-state index in [1.165, 1.54) is 32.1 Å². The normalized spacial score (nSPS) is 24.1. The second-order valence-corrected chi connectivity index (χ2v) is 5.74. The predicted octanol–water partition coefficient (Wildman–Crippen LogP) is 1.25. The molecule has 1 aliphatic carbocycles. The van der Waals surface area contributed by atoms with E-state index in [1.807, 2.05) is 0 Å². The average molecular weight is 253 g/mol. The molecule has 0 aromatic rings. The molecule has 1 unspecified atom stereocenters. The van der Waals surface area contributed by atoms with Gasteiger partial charge in [-0.3, -0.25) is 9.69 Å². The van der Waals surface area contributed by atoms with Gasteiger partial charge in [0.15, 0.2) is 0 Å². The van der Waals surface area contributed by atoms with Crippen molar-refractivity contribution < 1.29 is 4.79 Å². The number of carbonyl (C=O) groups excluding carboxylic acids is 1. The lowest BCUT2D eigenvalue weighted by molar-refractivity contribution is -0.122. The first kappa shape index (κ1) is 13.8. The van der Waals surface area contributed by atoms with Crippen LogP contribution in [0.3, 0.4) is 0 Å². The lowest BCUT2D eigenvalue weighted by atomic mass is 10.1. The summed E-state index contributed by atoms with van der Waals surface area (Å²) >= 11 is 0. The van der Waals surface area contributed by atoms with Gasteiger partial charge in [0.2, 0.25) is 5.91 Å². The highest BCUT2D eigenvalue weighted by molar-refractivity contribution is 5.77. The minimum Gasteiger partial charge on any atom is -0.353 e. The summed E-state index contributed by atoms with van der Waals surface area (Å²) in [5, 5.41) is 3.06. The Hall–Kier alpha value is -0.610. The minimum absolute atomic E-state index is 0.190. The number of nitrogens with one attached hydrogen (secondary N) is 1. The van der Waals surface area contributed by atoms with E-state index < -0.39 is 0 Å². The van der Waals surface area contributed by atoms with Crippen molar-refractivity contribution >= 4 is 5.91 Å². The summed E-state index contributed by atoms with van der Waals surface area (Å²) < 4.78 is 0. The highest BCUT2D eigenvalue weighted by Crippen LogP contribution is 2.19. The maximum absolute atomic E-state index is 11.9. The molecule has 1 heterocycles. The largest absolute Gasteiger partial charge is 0.353 e. The Morgan fingerprint density at radius 2 is 1.78 bits per heavy atom. The third kappa shape index (κ3) is 4.58. The summed E-state index contributed by atoms with van der Waals surface area (Å²) in [6.07, 6.45) is 9.40. The second-order valence-electron chi connectivity index (χ2n) is 5.74. The number of likely N-dealkylation sites (tertiary alicyclic amines) is 1. The summed E-state index contributed by atoms with van der Waals surface area (Å²) in [5.41, 5.74) is 5.87. The van der Waals surface area contributed by atoms with Crippen LogP contribution in [0, 0.1) is 0 Å². The van der Waals surface area contributed by atoms with Gasteiger partial charge >= 0.3 is 0 Å². The topological polar surface area (TPSA) is 58.4 Å². The van der Waals surface area contributed by atoms with Crippen molar-refractivity contribution in [3.05, 3.63) is 0 Å². The first-order valence-corrected chi connectivity index (χ1v) is 7.53. The second kappa shape index (κ2) is 7.10. The molecule has 18 heavy (non-hydrogen) atoms. The van der Waals surface area contributed by atoms with Crippen molar-refractivity contribution in [3.8, 4) is 0 Å². The van der Waals surface area contributed by atoms with Gasteiger partial charge in [0, 0.05) is 25.0 Å². The lowest BCUT2D eigenvalue weighted by Gasteiger charge is -2.32. The number of rotatable bonds is 5. The highest BCUT2D eigenvalue weighted by atomic mass is 16.1. The van der Waals surface area contributed by atoms with E-state index in [9.17, 15) is 4.79 Å². The van der Waals surface area contributed by atoms with Crippen LogP contribution in [0.15, 0.2) is 0 Å². The SMILES string of the molecule is NCC(CC(=O)NC1CC1)N1CCCCCCC1. The molecule has 0 aromatic heterocycles. The van der Waals surface area contributed by atoms with Crippen LogP contribution in [0.2, 0.25) is 0 Å². The van der Waals surface area contributed by atoms with E-state index in [2.05, 4.69) is 10.2 Å². The summed E-state index contributed by atoms with van der Waals surface area (Å²) in [5.74, 6) is 0.190. The maximum atomic E-state index is 11.9. The lowest BCUT2D eigenvalue weighted by Crippen LogP contribution is -2.45. The van der Waals surface area contributed by atoms with Crippen molar-refractivity contribution in [1.82, 2.24) is 10.2 Å². The Labute approximate surface area is 110 Å². The molecule has 2 fully saturated rings. The molecule has 4 heteroatoms. The van der Waals surface area contributed by atoms with Crippen molar-refractivity contribution in [3.63, 3.8) is 0 Å². The van der Waals surface area contributed by atoms with Crippen molar-refractivity contribution in [2.45, 2.75) is 63.5 Å². The minimum atomic E-state index is 0.190. The van der Waals surface area contributed by atoms with Crippen LogP contribution in [0.25, 0.3) is 0 Å². The summed E-state index contributed by atoms with van der Waals surface area (Å²) in [4.78, 5) is 14.3. The molecule has 1 saturated heterocycles. The molecular formula is C14H27N3O. The molecule has 0 spiro atoms. The summed E-state index contributed by atoms with van der Waals surface area (Å²) in [6.45, 7) is 2.81. The molecule has 3 N–H and O–H groups in total. The molecule has 0 aromatic carbocycles. The van der Waals surface area contributed by atoms with Gasteiger partial charge in [0.1, 0.15) is 0 Å². The van der Waals surface area contributed by atoms with Crippen LogP contribution < -0.4 is 11.1 Å². The van der Waals surface area contributed by atoms with E-state index in [0.717, 1.165) is 25.9 Å². The molecule has 2 aliphatic rings. The van der Waals surface area contributed by atoms with Crippen LogP contribution >= 0.6 is 0 Å². The van der Waals surface area contributed by atoms with E-state index >= 15 is 0 Å². The van der Waals surface area contributed by atoms with Gasteiger partial charge < -0.3 is 11.1 Å². The Morgan fingerprint density at radius 3 is 2.33 bits per heavy atom. The molecule has 104 valence electrons. The van der Waals surface area contributed by atoms with Crippen molar-refractivity contribution in [1.29, 1.82) is 0 Å². The Morgan fingerprint density at radius 1 is 1.17 bits per heavy atom. The molecule has 1 saturated carbocycles. The van der Waals surface area contributed by atoms with E-state index in [1.54, 1.807) is 0 Å². The van der Waals surface area contributed by atoms with Crippen molar-refractivity contribution in [2.24, 2.45) is 5.73 Å². The van der Waals surface area contributed by atoms with Crippen LogP contribution in [0.4, 0.5) is 0 Å². The molecule has 1 atom stereocenters. The quantitative estimate of drug-likeness (QED) is 0.775. The van der Waals surface area contributed by atoms with Gasteiger partial charge in [-0.05, 0) is 38.8 Å². The van der Waals surface area contributed by atoms with Gasteiger partial charge in [-0.2, -0.15) is 0 Å². The zero-order valence-electron chi connectivity index (χ0n) is 11.4. The number of nitrogens with two attached hydrogens (primary N) is 1. The summed E-state index contributed by atoms with van der Waals surface area (Å²) in [6, 6.07) is 0.699. The Bertz CT molecular complexity index is 258. The average Bonchev–Trinajstić information content (AvgIpc) is 3.10. The Balaban J connectivity index is 1.78. The third-order valence-electron chi connectivity index (χ3n) is 4.04. The number of nitrogens with zero attached hydrogens (tertiary/aromatic N) is 1.